The molecule has 9 atom stereocenters. The quantitative estimate of drug-likeness (QED) is 0.425. The van der Waals surface area contributed by atoms with Crippen molar-refractivity contribution in [3.8, 4) is 0 Å². The van der Waals surface area contributed by atoms with Crippen molar-refractivity contribution in [1.29, 1.82) is 0 Å². The van der Waals surface area contributed by atoms with Crippen LogP contribution in [-0.2, 0) is 5.60 Å². The highest BCUT2D eigenvalue weighted by Gasteiger charge is 2.59. The fourth-order valence-corrected chi connectivity index (χ4v) is 9.53. The summed E-state index contributed by atoms with van der Waals surface area (Å²) in [5.74, 6) is 4.10. The van der Waals surface area contributed by atoms with Crippen LogP contribution in [0.3, 0.4) is 0 Å². The van der Waals surface area contributed by atoms with E-state index in [-0.39, 0.29) is 6.10 Å². The maximum Gasteiger partial charge on any atom is 0.0868 e. The van der Waals surface area contributed by atoms with E-state index in [2.05, 4.69) is 39.0 Å². The van der Waals surface area contributed by atoms with Gasteiger partial charge in [-0.25, -0.2) is 0 Å². The van der Waals surface area contributed by atoms with E-state index in [4.69, 9.17) is 0 Å². The first-order valence-electron chi connectivity index (χ1n) is 14.3. The molecule has 2 N–H and O–H groups in total. The maximum atomic E-state index is 11.0. The molecule has 5 rings (SSSR count). The van der Waals surface area contributed by atoms with Gasteiger partial charge in [-0.2, -0.15) is 0 Å². The molecule has 0 amide bonds. The molecule has 0 unspecified atom stereocenters. The van der Waals surface area contributed by atoms with Crippen molar-refractivity contribution in [2.45, 2.75) is 110 Å². The van der Waals surface area contributed by atoms with Crippen molar-refractivity contribution in [2.75, 3.05) is 0 Å². The maximum absolute atomic E-state index is 11.0. The Hall–Kier alpha value is -1.12. The van der Waals surface area contributed by atoms with Gasteiger partial charge >= 0.3 is 0 Å². The summed E-state index contributed by atoms with van der Waals surface area (Å²) in [7, 11) is 0. The third kappa shape index (κ3) is 4.11. The van der Waals surface area contributed by atoms with E-state index in [0.29, 0.717) is 10.8 Å². The number of allylic oxidation sites excluding steroid dienone is 1. The van der Waals surface area contributed by atoms with E-state index in [1.54, 1.807) is 5.57 Å². The van der Waals surface area contributed by atoms with Gasteiger partial charge in [0, 0.05) is 0 Å². The van der Waals surface area contributed by atoms with Gasteiger partial charge in [-0.15, -0.1) is 0 Å². The van der Waals surface area contributed by atoms with Gasteiger partial charge in [0.25, 0.3) is 0 Å². The summed E-state index contributed by atoms with van der Waals surface area (Å²) < 4.78 is 0. The van der Waals surface area contributed by atoms with Crippen LogP contribution in [0.4, 0.5) is 0 Å². The zero-order valence-corrected chi connectivity index (χ0v) is 22.1. The zero-order valence-electron chi connectivity index (χ0n) is 22.1. The molecule has 34 heavy (non-hydrogen) atoms. The third-order valence-electron chi connectivity index (χ3n) is 11.6. The largest absolute Gasteiger partial charge is 0.393 e. The fraction of sp³-hybridized carbons (Fsp3) is 0.750. The Morgan fingerprint density at radius 3 is 2.56 bits per heavy atom. The highest BCUT2D eigenvalue weighted by atomic mass is 16.3. The Bertz CT molecular complexity index is 888. The summed E-state index contributed by atoms with van der Waals surface area (Å²) in [5.41, 5.74) is 2.73. The second-order valence-electron chi connectivity index (χ2n) is 13.4. The Balaban J connectivity index is 1.24. The van der Waals surface area contributed by atoms with Crippen molar-refractivity contribution in [3.05, 3.63) is 47.5 Å². The molecule has 188 valence electrons. The average Bonchev–Trinajstić information content (AvgIpc) is 3.17. The van der Waals surface area contributed by atoms with E-state index >= 15 is 0 Å². The van der Waals surface area contributed by atoms with E-state index < -0.39 is 5.60 Å². The topological polar surface area (TPSA) is 40.5 Å². The lowest BCUT2D eigenvalue weighted by Gasteiger charge is -2.58. The Morgan fingerprint density at radius 2 is 1.79 bits per heavy atom. The van der Waals surface area contributed by atoms with E-state index in [9.17, 15) is 10.2 Å². The van der Waals surface area contributed by atoms with Gasteiger partial charge in [-0.3, -0.25) is 0 Å². The van der Waals surface area contributed by atoms with Gasteiger partial charge in [0.1, 0.15) is 0 Å². The number of hydrogen-bond acceptors (Lipinski definition) is 2. The smallest absolute Gasteiger partial charge is 0.0868 e. The molecule has 0 aromatic heterocycles. The van der Waals surface area contributed by atoms with Gasteiger partial charge in [-0.05, 0) is 117 Å². The molecule has 2 heteroatoms. The second kappa shape index (κ2) is 9.07. The molecule has 0 aliphatic heterocycles. The minimum Gasteiger partial charge on any atom is -0.393 e. The lowest BCUT2D eigenvalue weighted by Crippen LogP contribution is -2.50. The van der Waals surface area contributed by atoms with Crippen molar-refractivity contribution in [3.63, 3.8) is 0 Å². The average molecular weight is 465 g/mol. The minimum absolute atomic E-state index is 0.107. The van der Waals surface area contributed by atoms with E-state index in [0.717, 1.165) is 60.8 Å². The number of fused-ring (bicyclic) bond motifs is 5. The first kappa shape index (κ1) is 24.6. The van der Waals surface area contributed by atoms with Gasteiger partial charge in [-0.1, -0.05) is 69.2 Å². The standard InChI is InChI=1S/C32H48O2/c1-22(9-8-18-32(4,34)23-10-6-5-7-11-23)27-14-15-28-26-13-12-24-21-25(33)16-19-30(24,2)29(26)17-20-31(27,28)3/h5-7,10-12,22,25-29,33-34H,8-9,13-21H2,1-4H3/t22-,25+,26+,27+,28-,29+,30+,31-,32+/m1/s1. The van der Waals surface area contributed by atoms with E-state index in [1.807, 2.05) is 25.1 Å². The second-order valence-corrected chi connectivity index (χ2v) is 13.4. The molecule has 0 spiro atoms. The Kier molecular flexibility index (Phi) is 6.56. The zero-order chi connectivity index (χ0) is 24.1. The number of benzene rings is 1. The molecule has 1 aromatic carbocycles. The highest BCUT2D eigenvalue weighted by Crippen LogP contribution is 2.67. The molecule has 0 saturated heterocycles. The highest BCUT2D eigenvalue weighted by molar-refractivity contribution is 5.25. The van der Waals surface area contributed by atoms with Crippen molar-refractivity contribution in [2.24, 2.45) is 40.4 Å². The third-order valence-corrected chi connectivity index (χ3v) is 11.6. The molecule has 2 nitrogen and oxygen atoms in total. The summed E-state index contributed by atoms with van der Waals surface area (Å²) in [4.78, 5) is 0. The first-order chi connectivity index (χ1) is 16.1. The van der Waals surface area contributed by atoms with Gasteiger partial charge in [0.2, 0.25) is 0 Å². The summed E-state index contributed by atoms with van der Waals surface area (Å²) in [6.07, 6.45) is 15.6. The molecule has 1 aromatic rings. The van der Waals surface area contributed by atoms with Crippen LogP contribution < -0.4 is 0 Å². The molecule has 4 aliphatic carbocycles. The van der Waals surface area contributed by atoms with Crippen LogP contribution in [0.15, 0.2) is 42.0 Å². The van der Waals surface area contributed by atoms with Crippen LogP contribution in [0, 0.1) is 40.4 Å². The monoisotopic (exact) mass is 464 g/mol. The molecule has 3 saturated carbocycles. The molecular weight excluding hydrogens is 416 g/mol. The van der Waals surface area contributed by atoms with Gasteiger partial charge in [0.05, 0.1) is 11.7 Å². The lowest BCUT2D eigenvalue weighted by atomic mass is 9.47. The SMILES string of the molecule is C[C@H](CCC[C@](C)(O)c1ccccc1)[C@@H]1CC[C@@H]2[C@@H]3CC=C4C[C@@H](O)CC[C@]4(C)[C@H]3CC[C@@]21C. The minimum atomic E-state index is -0.726. The molecule has 0 bridgehead atoms. The normalized spacial score (nSPS) is 42.1. The molecule has 0 radical (unpaired) electrons. The van der Waals surface area contributed by atoms with E-state index in [1.165, 1.54) is 44.9 Å². The van der Waals surface area contributed by atoms with Crippen LogP contribution in [0.2, 0.25) is 0 Å². The molecule has 3 fully saturated rings. The fourth-order valence-electron chi connectivity index (χ4n) is 9.53. The summed E-state index contributed by atoms with van der Waals surface area (Å²) >= 11 is 0. The molecule has 4 aliphatic rings. The van der Waals surface area contributed by atoms with Crippen molar-refractivity contribution >= 4 is 0 Å². The van der Waals surface area contributed by atoms with Crippen molar-refractivity contribution < 1.29 is 10.2 Å². The number of hydrogen-bond donors (Lipinski definition) is 2. The first-order valence-corrected chi connectivity index (χ1v) is 14.3. The Labute approximate surface area is 208 Å². The number of aliphatic hydroxyl groups excluding tert-OH is 1. The molecule has 0 heterocycles. The summed E-state index contributed by atoms with van der Waals surface area (Å²) in [5, 5.41) is 21.3. The summed E-state index contributed by atoms with van der Waals surface area (Å²) in [6.45, 7) is 9.67. The number of rotatable bonds is 6. The lowest BCUT2D eigenvalue weighted by molar-refractivity contribution is -0.0576. The number of aliphatic hydroxyl groups is 2. The predicted octanol–water partition coefficient (Wildman–Crippen LogP) is 7.64. The molecular formula is C32H48O2. The van der Waals surface area contributed by atoms with Gasteiger partial charge < -0.3 is 10.2 Å². The summed E-state index contributed by atoms with van der Waals surface area (Å²) in [6, 6.07) is 10.2. The predicted molar refractivity (Wildman–Crippen MR) is 140 cm³/mol. The van der Waals surface area contributed by atoms with Crippen LogP contribution in [0.25, 0.3) is 0 Å². The van der Waals surface area contributed by atoms with Crippen LogP contribution >= 0.6 is 0 Å². The van der Waals surface area contributed by atoms with Crippen molar-refractivity contribution in [1.82, 2.24) is 0 Å². The van der Waals surface area contributed by atoms with Crippen LogP contribution in [-0.4, -0.2) is 16.3 Å². The van der Waals surface area contributed by atoms with Gasteiger partial charge in [0.15, 0.2) is 0 Å². The van der Waals surface area contributed by atoms with Crippen LogP contribution in [0.5, 0.6) is 0 Å². The Morgan fingerprint density at radius 1 is 1.03 bits per heavy atom. The van der Waals surface area contributed by atoms with Crippen LogP contribution in [0.1, 0.15) is 104 Å².